The summed E-state index contributed by atoms with van der Waals surface area (Å²) in [5.74, 6) is -1.57. The summed E-state index contributed by atoms with van der Waals surface area (Å²) in [4.78, 5) is 32.8. The van der Waals surface area contributed by atoms with Crippen molar-refractivity contribution in [1.82, 2.24) is 4.90 Å². The fourth-order valence-corrected chi connectivity index (χ4v) is 5.00. The number of aliphatic hydroxyl groups is 1. The zero-order chi connectivity index (χ0) is 26.3. The number of piperazine rings is 1. The smallest absolute Gasteiger partial charge is 0.300 e. The summed E-state index contributed by atoms with van der Waals surface area (Å²) >= 11 is 0. The van der Waals surface area contributed by atoms with Crippen molar-refractivity contribution in [2.24, 2.45) is 0 Å². The van der Waals surface area contributed by atoms with E-state index in [1.807, 2.05) is 50.2 Å². The number of aryl methyl sites for hydroxylation is 2. The lowest BCUT2D eigenvalue weighted by Gasteiger charge is -2.34. The third-order valence-corrected chi connectivity index (χ3v) is 7.43. The number of phenols is 1. The minimum atomic E-state index is -0.836. The maximum Gasteiger partial charge on any atom is 0.300 e. The van der Waals surface area contributed by atoms with Crippen LogP contribution in [0.15, 0.2) is 72.3 Å². The molecule has 2 heterocycles. The molecule has 0 aromatic heterocycles. The molecule has 3 aromatic carbocycles. The van der Waals surface area contributed by atoms with Crippen molar-refractivity contribution in [3.05, 3.63) is 94.6 Å². The van der Waals surface area contributed by atoms with Gasteiger partial charge < -0.3 is 20.0 Å². The zero-order valence-electron chi connectivity index (χ0n) is 21.3. The molecule has 0 radical (unpaired) electrons. The summed E-state index contributed by atoms with van der Waals surface area (Å²) in [6.45, 7) is 7.71. The minimum absolute atomic E-state index is 0.0297. The molecule has 2 saturated heterocycles. The van der Waals surface area contributed by atoms with Gasteiger partial charge in [0.2, 0.25) is 0 Å². The summed E-state index contributed by atoms with van der Waals surface area (Å²) < 4.78 is 0. The van der Waals surface area contributed by atoms with Crippen LogP contribution in [0.2, 0.25) is 0 Å². The van der Waals surface area contributed by atoms with Gasteiger partial charge in [-0.3, -0.25) is 14.5 Å². The molecule has 0 bridgehead atoms. The van der Waals surface area contributed by atoms with Gasteiger partial charge in [-0.15, -0.1) is 0 Å². The highest BCUT2D eigenvalue weighted by Gasteiger charge is 2.47. The first kappa shape index (κ1) is 24.6. The average molecular weight is 498 g/mol. The number of rotatable bonds is 4. The Morgan fingerprint density at radius 2 is 1.43 bits per heavy atom. The summed E-state index contributed by atoms with van der Waals surface area (Å²) in [6.07, 6.45) is 0. The molecule has 1 amide bonds. The van der Waals surface area contributed by atoms with Gasteiger partial charge in [0.25, 0.3) is 11.7 Å². The second-order valence-corrected chi connectivity index (χ2v) is 9.87. The molecule has 0 aliphatic carbocycles. The van der Waals surface area contributed by atoms with Crippen molar-refractivity contribution in [3.63, 3.8) is 0 Å². The Morgan fingerprint density at radius 1 is 0.811 bits per heavy atom. The Bertz CT molecular complexity index is 1370. The third kappa shape index (κ3) is 4.58. The van der Waals surface area contributed by atoms with Crippen molar-refractivity contribution in [2.75, 3.05) is 43.0 Å². The molecule has 2 N–H and O–H groups in total. The molecule has 37 heavy (non-hydrogen) atoms. The number of carbonyl (C=O) groups excluding carboxylic acids is 2. The highest BCUT2D eigenvalue weighted by molar-refractivity contribution is 6.51. The minimum Gasteiger partial charge on any atom is -0.508 e. The van der Waals surface area contributed by atoms with Gasteiger partial charge in [0, 0.05) is 43.1 Å². The normalized spacial score (nSPS) is 20.0. The monoisotopic (exact) mass is 497 g/mol. The second-order valence-electron chi connectivity index (χ2n) is 9.87. The Morgan fingerprint density at radius 3 is 2.05 bits per heavy atom. The molecule has 3 aromatic rings. The Hall–Kier alpha value is -4.10. The van der Waals surface area contributed by atoms with Crippen molar-refractivity contribution in [2.45, 2.75) is 19.9 Å². The van der Waals surface area contributed by atoms with Gasteiger partial charge in [0.05, 0.1) is 11.6 Å². The molecule has 1 atom stereocenters. The van der Waals surface area contributed by atoms with Gasteiger partial charge in [-0.05, 0) is 80.1 Å². The summed E-state index contributed by atoms with van der Waals surface area (Å²) in [5, 5.41) is 21.2. The van der Waals surface area contributed by atoms with Crippen LogP contribution in [0.4, 0.5) is 11.4 Å². The Kier molecular flexibility index (Phi) is 6.48. The van der Waals surface area contributed by atoms with E-state index >= 15 is 0 Å². The van der Waals surface area contributed by atoms with E-state index in [2.05, 4.69) is 16.8 Å². The molecule has 0 saturated carbocycles. The molecule has 7 heteroatoms. The highest BCUT2D eigenvalue weighted by atomic mass is 16.3. The molecule has 190 valence electrons. The van der Waals surface area contributed by atoms with E-state index in [4.69, 9.17) is 0 Å². The lowest BCUT2D eigenvalue weighted by atomic mass is 9.94. The van der Waals surface area contributed by atoms with E-state index in [0.717, 1.165) is 43.0 Å². The molecular formula is C30H31N3O4. The fraction of sp³-hybridized carbons (Fsp3) is 0.267. The first-order valence-electron chi connectivity index (χ1n) is 12.5. The van der Waals surface area contributed by atoms with Gasteiger partial charge in [-0.1, -0.05) is 24.3 Å². The van der Waals surface area contributed by atoms with Crippen molar-refractivity contribution in [1.29, 1.82) is 0 Å². The molecule has 5 rings (SSSR count). The highest BCUT2D eigenvalue weighted by Crippen LogP contribution is 2.43. The lowest BCUT2D eigenvalue weighted by molar-refractivity contribution is -0.132. The number of aromatic hydroxyl groups is 1. The number of carbonyl (C=O) groups is 2. The number of benzene rings is 3. The maximum atomic E-state index is 13.4. The number of likely N-dealkylation sites (N-methyl/N-ethyl adjacent to an activating group) is 1. The van der Waals surface area contributed by atoms with Crippen LogP contribution in [-0.2, 0) is 9.59 Å². The number of amides is 1. The van der Waals surface area contributed by atoms with Crippen LogP contribution in [0.5, 0.6) is 5.75 Å². The topological polar surface area (TPSA) is 84.3 Å². The number of Topliss-reactive ketones (excluding diaryl/α,β-unsaturated/α-hetero) is 1. The number of ketones is 1. The second kappa shape index (κ2) is 9.75. The van der Waals surface area contributed by atoms with E-state index in [-0.39, 0.29) is 17.1 Å². The number of nitrogens with zero attached hydrogens (tertiary/aromatic N) is 3. The van der Waals surface area contributed by atoms with Crippen molar-refractivity contribution >= 4 is 28.8 Å². The summed E-state index contributed by atoms with van der Waals surface area (Å²) in [6, 6.07) is 18.6. The van der Waals surface area contributed by atoms with Gasteiger partial charge in [-0.25, -0.2) is 0 Å². The number of hydrogen-bond donors (Lipinski definition) is 2. The van der Waals surface area contributed by atoms with Crippen molar-refractivity contribution in [3.8, 4) is 5.75 Å². The van der Waals surface area contributed by atoms with Crippen LogP contribution in [0.25, 0.3) is 5.76 Å². The van der Waals surface area contributed by atoms with E-state index in [1.165, 1.54) is 17.0 Å². The third-order valence-electron chi connectivity index (χ3n) is 7.43. The maximum absolute atomic E-state index is 13.4. The van der Waals surface area contributed by atoms with E-state index in [0.29, 0.717) is 16.8 Å². The standard InChI is InChI=1S/C30H31N3O4/c1-19-4-5-22(18-20(19)2)28(35)26-27(21-6-12-25(34)13-7-21)33(30(37)29(26)36)24-10-8-23(9-11-24)32-16-14-31(3)15-17-32/h4-13,18,27,34-35H,14-17H2,1-3H3/b28-26-. The lowest BCUT2D eigenvalue weighted by Crippen LogP contribution is -2.44. The first-order chi connectivity index (χ1) is 17.7. The van der Waals surface area contributed by atoms with Gasteiger partial charge in [0.1, 0.15) is 11.5 Å². The number of aliphatic hydroxyl groups excluding tert-OH is 1. The van der Waals surface area contributed by atoms with Gasteiger partial charge in [-0.2, -0.15) is 0 Å². The SMILES string of the molecule is Cc1ccc(/C(O)=C2/C(=O)C(=O)N(c3ccc(N4CCN(C)CC4)cc3)C2c2ccc(O)cc2)cc1C. The predicted molar refractivity (Wildman–Crippen MR) is 145 cm³/mol. The largest absolute Gasteiger partial charge is 0.508 e. The number of hydrogen-bond acceptors (Lipinski definition) is 6. The zero-order valence-corrected chi connectivity index (χ0v) is 21.3. The van der Waals surface area contributed by atoms with Gasteiger partial charge in [0.15, 0.2) is 0 Å². The number of phenolic OH excluding ortho intramolecular Hbond substituents is 1. The quantitative estimate of drug-likeness (QED) is 0.316. The predicted octanol–water partition coefficient (Wildman–Crippen LogP) is 4.39. The molecule has 2 fully saturated rings. The first-order valence-corrected chi connectivity index (χ1v) is 12.5. The van der Waals surface area contributed by atoms with Crippen LogP contribution in [0.3, 0.4) is 0 Å². The van der Waals surface area contributed by atoms with E-state index in [9.17, 15) is 19.8 Å². The van der Waals surface area contributed by atoms with Crippen LogP contribution >= 0.6 is 0 Å². The molecule has 0 spiro atoms. The van der Waals surface area contributed by atoms with Crippen LogP contribution in [0, 0.1) is 13.8 Å². The molecule has 2 aliphatic heterocycles. The Balaban J connectivity index is 1.58. The Labute approximate surface area is 216 Å². The number of anilines is 2. The molecule has 2 aliphatic rings. The van der Waals surface area contributed by atoms with Gasteiger partial charge >= 0.3 is 0 Å². The summed E-state index contributed by atoms with van der Waals surface area (Å²) in [7, 11) is 2.11. The van der Waals surface area contributed by atoms with Crippen LogP contribution < -0.4 is 9.80 Å². The van der Waals surface area contributed by atoms with Crippen LogP contribution in [0.1, 0.15) is 28.3 Å². The fourth-order valence-electron chi connectivity index (χ4n) is 5.00. The van der Waals surface area contributed by atoms with E-state index in [1.54, 1.807) is 18.2 Å². The molecular weight excluding hydrogens is 466 g/mol. The van der Waals surface area contributed by atoms with E-state index < -0.39 is 17.7 Å². The molecule has 7 nitrogen and oxygen atoms in total. The molecule has 1 unspecified atom stereocenters. The van der Waals surface area contributed by atoms with Crippen molar-refractivity contribution < 1.29 is 19.8 Å². The summed E-state index contributed by atoms with van der Waals surface area (Å²) in [5.41, 5.74) is 4.79. The average Bonchev–Trinajstić information content (AvgIpc) is 3.16. The van der Waals surface area contributed by atoms with Crippen LogP contribution in [-0.4, -0.2) is 60.0 Å².